The van der Waals surface area contributed by atoms with Crippen molar-refractivity contribution in [2.24, 2.45) is 12.8 Å². The third-order valence-corrected chi connectivity index (χ3v) is 1.91. The molecular formula is C9H15N3O. The maximum atomic E-state index is 10.4. The van der Waals surface area contributed by atoms with Crippen molar-refractivity contribution < 1.29 is 4.79 Å². The topological polar surface area (TPSA) is 60.1 Å². The van der Waals surface area contributed by atoms with Crippen LogP contribution in [0.2, 0.25) is 0 Å². The van der Waals surface area contributed by atoms with Gasteiger partial charge in [0.2, 0.25) is 5.91 Å². The Bertz CT molecular complexity index is 280. The molecule has 0 radical (unpaired) electrons. The zero-order valence-corrected chi connectivity index (χ0v) is 7.79. The molecule has 4 nitrogen and oxygen atoms in total. The van der Waals surface area contributed by atoms with E-state index in [9.17, 15) is 4.79 Å². The molecule has 3 N–H and O–H groups in total. The van der Waals surface area contributed by atoms with E-state index in [1.54, 1.807) is 0 Å². The van der Waals surface area contributed by atoms with E-state index in [4.69, 9.17) is 5.73 Å². The minimum atomic E-state index is -0.264. The summed E-state index contributed by atoms with van der Waals surface area (Å²) in [5.74, 6) is -0.264. The van der Waals surface area contributed by atoms with Crippen LogP contribution in [0, 0.1) is 0 Å². The monoisotopic (exact) mass is 181 g/mol. The first-order valence-electron chi connectivity index (χ1n) is 4.29. The Morgan fingerprint density at radius 3 is 3.00 bits per heavy atom. The number of hydrogen-bond donors (Lipinski definition) is 2. The van der Waals surface area contributed by atoms with Gasteiger partial charge in [0, 0.05) is 38.4 Å². The van der Waals surface area contributed by atoms with Crippen LogP contribution in [-0.2, 0) is 18.4 Å². The van der Waals surface area contributed by atoms with Crippen LogP contribution in [0.4, 0.5) is 0 Å². The van der Waals surface area contributed by atoms with E-state index in [-0.39, 0.29) is 5.91 Å². The second-order valence-corrected chi connectivity index (χ2v) is 3.00. The fourth-order valence-electron chi connectivity index (χ4n) is 1.11. The number of nitrogens with zero attached hydrogens (tertiary/aromatic N) is 1. The van der Waals surface area contributed by atoms with Gasteiger partial charge in [-0.2, -0.15) is 0 Å². The van der Waals surface area contributed by atoms with Gasteiger partial charge in [0.25, 0.3) is 0 Å². The van der Waals surface area contributed by atoms with Gasteiger partial charge in [-0.1, -0.05) is 0 Å². The summed E-state index contributed by atoms with van der Waals surface area (Å²) in [5.41, 5.74) is 6.20. The average molecular weight is 181 g/mol. The van der Waals surface area contributed by atoms with Crippen molar-refractivity contribution in [1.29, 1.82) is 0 Å². The minimum absolute atomic E-state index is 0.264. The summed E-state index contributed by atoms with van der Waals surface area (Å²) < 4.78 is 2.04. The summed E-state index contributed by atoms with van der Waals surface area (Å²) in [6.45, 7) is 1.41. The Morgan fingerprint density at radius 2 is 2.46 bits per heavy atom. The van der Waals surface area contributed by atoms with Crippen LogP contribution in [0.3, 0.4) is 0 Å². The molecule has 0 unspecified atom stereocenters. The molecule has 0 atom stereocenters. The minimum Gasteiger partial charge on any atom is -0.370 e. The van der Waals surface area contributed by atoms with E-state index >= 15 is 0 Å². The van der Waals surface area contributed by atoms with Crippen molar-refractivity contribution in [3.63, 3.8) is 0 Å². The third-order valence-electron chi connectivity index (χ3n) is 1.91. The van der Waals surface area contributed by atoms with E-state index in [0.717, 1.165) is 6.54 Å². The maximum absolute atomic E-state index is 10.4. The first-order valence-corrected chi connectivity index (χ1v) is 4.29. The molecule has 0 bridgehead atoms. The Balaban J connectivity index is 2.20. The molecule has 4 heteroatoms. The molecule has 0 aromatic carbocycles. The highest BCUT2D eigenvalue weighted by molar-refractivity contribution is 5.73. The van der Waals surface area contributed by atoms with Crippen LogP contribution in [0.1, 0.15) is 12.1 Å². The standard InChI is InChI=1S/C9H15N3O/c1-12-6-2-3-8(12)7-11-5-4-9(10)13/h2-3,6,11H,4-5,7H2,1H3,(H2,10,13). The van der Waals surface area contributed by atoms with Gasteiger partial charge >= 0.3 is 0 Å². The molecule has 72 valence electrons. The van der Waals surface area contributed by atoms with Crippen LogP contribution >= 0.6 is 0 Å². The summed E-state index contributed by atoms with van der Waals surface area (Å²) >= 11 is 0. The van der Waals surface area contributed by atoms with E-state index < -0.39 is 0 Å². The number of amides is 1. The Kier molecular flexibility index (Phi) is 3.52. The Labute approximate surface area is 77.7 Å². The Hall–Kier alpha value is -1.29. The average Bonchev–Trinajstić information content (AvgIpc) is 2.45. The largest absolute Gasteiger partial charge is 0.370 e. The number of carbonyl (C=O) groups excluding carboxylic acids is 1. The maximum Gasteiger partial charge on any atom is 0.218 e. The van der Waals surface area contributed by atoms with Gasteiger partial charge in [0.05, 0.1) is 0 Å². The van der Waals surface area contributed by atoms with E-state index in [1.807, 2.05) is 29.9 Å². The van der Waals surface area contributed by atoms with Gasteiger partial charge in [-0.15, -0.1) is 0 Å². The number of rotatable bonds is 5. The molecular weight excluding hydrogens is 166 g/mol. The van der Waals surface area contributed by atoms with Crippen molar-refractivity contribution in [3.05, 3.63) is 24.0 Å². The van der Waals surface area contributed by atoms with Gasteiger partial charge in [-0.25, -0.2) is 0 Å². The summed E-state index contributed by atoms with van der Waals surface area (Å²) in [7, 11) is 1.99. The molecule has 0 aliphatic heterocycles. The molecule has 1 aromatic heterocycles. The zero-order chi connectivity index (χ0) is 9.68. The second kappa shape index (κ2) is 4.67. The van der Waals surface area contributed by atoms with Crippen molar-refractivity contribution in [2.75, 3.05) is 6.54 Å². The van der Waals surface area contributed by atoms with E-state index in [1.165, 1.54) is 5.69 Å². The zero-order valence-electron chi connectivity index (χ0n) is 7.79. The Morgan fingerprint density at radius 1 is 1.69 bits per heavy atom. The SMILES string of the molecule is Cn1cccc1CNCCC(N)=O. The number of aryl methyl sites for hydroxylation is 1. The fourth-order valence-corrected chi connectivity index (χ4v) is 1.11. The molecule has 1 amide bonds. The van der Waals surface area contributed by atoms with Gasteiger partial charge < -0.3 is 15.6 Å². The summed E-state index contributed by atoms with van der Waals surface area (Å²) in [5, 5.41) is 3.14. The quantitative estimate of drug-likeness (QED) is 0.628. The number of nitrogens with one attached hydrogen (secondary N) is 1. The lowest BCUT2D eigenvalue weighted by Gasteiger charge is -2.04. The predicted octanol–water partition coefficient (Wildman–Crippen LogP) is -0.00990. The number of nitrogens with two attached hydrogens (primary N) is 1. The number of hydrogen-bond acceptors (Lipinski definition) is 2. The third kappa shape index (κ3) is 3.29. The van der Waals surface area contributed by atoms with Crippen LogP contribution in [0.25, 0.3) is 0 Å². The highest BCUT2D eigenvalue weighted by Crippen LogP contribution is 1.97. The van der Waals surface area contributed by atoms with Crippen molar-refractivity contribution in [1.82, 2.24) is 9.88 Å². The van der Waals surface area contributed by atoms with Crippen LogP contribution < -0.4 is 11.1 Å². The first kappa shape index (κ1) is 9.80. The number of aromatic nitrogens is 1. The molecule has 1 aromatic rings. The van der Waals surface area contributed by atoms with Gasteiger partial charge in [-0.3, -0.25) is 4.79 Å². The van der Waals surface area contributed by atoms with E-state index in [0.29, 0.717) is 13.0 Å². The van der Waals surface area contributed by atoms with Crippen molar-refractivity contribution in [3.8, 4) is 0 Å². The van der Waals surface area contributed by atoms with Crippen LogP contribution in [-0.4, -0.2) is 17.0 Å². The smallest absolute Gasteiger partial charge is 0.218 e. The number of carbonyl (C=O) groups is 1. The molecule has 0 spiro atoms. The van der Waals surface area contributed by atoms with Crippen LogP contribution in [0.5, 0.6) is 0 Å². The van der Waals surface area contributed by atoms with Gasteiger partial charge in [0.1, 0.15) is 0 Å². The van der Waals surface area contributed by atoms with E-state index in [2.05, 4.69) is 5.32 Å². The molecule has 0 saturated carbocycles. The normalized spacial score (nSPS) is 10.2. The molecule has 1 heterocycles. The van der Waals surface area contributed by atoms with Crippen LogP contribution in [0.15, 0.2) is 18.3 Å². The lowest BCUT2D eigenvalue weighted by atomic mass is 10.4. The fraction of sp³-hybridized carbons (Fsp3) is 0.444. The summed E-state index contributed by atoms with van der Waals surface area (Å²) in [4.78, 5) is 10.4. The summed E-state index contributed by atoms with van der Waals surface area (Å²) in [6, 6.07) is 4.03. The molecule has 0 fully saturated rings. The highest BCUT2D eigenvalue weighted by Gasteiger charge is 1.96. The van der Waals surface area contributed by atoms with Crippen molar-refractivity contribution >= 4 is 5.91 Å². The lowest BCUT2D eigenvalue weighted by Crippen LogP contribution is -2.22. The highest BCUT2D eigenvalue weighted by atomic mass is 16.1. The van der Waals surface area contributed by atoms with Gasteiger partial charge in [0.15, 0.2) is 0 Å². The van der Waals surface area contributed by atoms with Crippen molar-refractivity contribution in [2.45, 2.75) is 13.0 Å². The first-order chi connectivity index (χ1) is 6.20. The molecule has 0 saturated heterocycles. The number of primary amides is 1. The molecule has 0 aliphatic carbocycles. The lowest BCUT2D eigenvalue weighted by molar-refractivity contribution is -0.117. The molecule has 1 rings (SSSR count). The molecule has 13 heavy (non-hydrogen) atoms. The predicted molar refractivity (Wildman–Crippen MR) is 50.9 cm³/mol. The molecule has 0 aliphatic rings. The second-order valence-electron chi connectivity index (χ2n) is 3.00. The summed E-state index contributed by atoms with van der Waals surface area (Å²) in [6.07, 6.45) is 2.38. The van der Waals surface area contributed by atoms with Gasteiger partial charge in [-0.05, 0) is 12.1 Å².